The molecule has 0 spiro atoms. The predicted octanol–water partition coefficient (Wildman–Crippen LogP) is 3.63. The van der Waals surface area contributed by atoms with Gasteiger partial charge in [-0.2, -0.15) is 0 Å². The summed E-state index contributed by atoms with van der Waals surface area (Å²) in [5.41, 5.74) is 0. The normalized spacial score (nSPS) is 36.5. The van der Waals surface area contributed by atoms with E-state index in [1.807, 2.05) is 0 Å². The van der Waals surface area contributed by atoms with Crippen LogP contribution in [-0.4, -0.2) is 39.3 Å². The molecule has 3 aliphatic rings. The minimum Gasteiger partial charge on any atom is -0.477 e. The van der Waals surface area contributed by atoms with Crippen LogP contribution in [0.5, 0.6) is 0 Å². The molecule has 2 saturated carbocycles. The standard InChI is InChI=1S/C21H34O5/c22-18(17-8-2-1-3-9-17)14-13-16-11-6-10-15(16)7-4-5-12-19-21(25,26-19)20(23)24/h13-19,22,25H,1-12H2,(H,23,24)/t15-,16+,18?,19?,21?/m0/s1. The Bertz CT molecular complexity index is 499. The molecule has 0 radical (unpaired) electrons. The van der Waals surface area contributed by atoms with Crippen LogP contribution in [0.25, 0.3) is 0 Å². The monoisotopic (exact) mass is 366 g/mol. The molecule has 0 amide bonds. The number of epoxide rings is 1. The molecule has 0 aromatic carbocycles. The van der Waals surface area contributed by atoms with Gasteiger partial charge in [-0.25, -0.2) is 4.79 Å². The van der Waals surface area contributed by atoms with Crippen molar-refractivity contribution in [3.63, 3.8) is 0 Å². The lowest BCUT2D eigenvalue weighted by molar-refractivity contribution is -0.157. The molecule has 0 aromatic heterocycles. The van der Waals surface area contributed by atoms with Gasteiger partial charge in [-0.05, 0) is 56.3 Å². The van der Waals surface area contributed by atoms with Gasteiger partial charge in [0.25, 0.3) is 5.79 Å². The topological polar surface area (TPSA) is 90.3 Å². The Labute approximate surface area is 156 Å². The minimum absolute atomic E-state index is 0.280. The highest BCUT2D eigenvalue weighted by atomic mass is 16.8. The van der Waals surface area contributed by atoms with Gasteiger partial charge in [-0.15, -0.1) is 0 Å². The SMILES string of the molecule is O=C(O)C1(O)OC1CCCC[C@H]1CCC[C@@H]1C=CC(O)C1CCCCC1. The van der Waals surface area contributed by atoms with Crippen molar-refractivity contribution in [2.75, 3.05) is 0 Å². The van der Waals surface area contributed by atoms with Crippen LogP contribution >= 0.6 is 0 Å². The Hall–Kier alpha value is -0.910. The fourth-order valence-electron chi connectivity index (χ4n) is 4.93. The molecule has 0 aromatic rings. The van der Waals surface area contributed by atoms with E-state index in [-0.39, 0.29) is 6.10 Å². The quantitative estimate of drug-likeness (QED) is 0.329. The summed E-state index contributed by atoms with van der Waals surface area (Å²) in [4.78, 5) is 10.8. The summed E-state index contributed by atoms with van der Waals surface area (Å²) in [7, 11) is 0. The first-order chi connectivity index (χ1) is 12.5. The second-order valence-corrected chi connectivity index (χ2v) is 8.52. The Balaban J connectivity index is 1.35. The Morgan fingerprint density at radius 1 is 1.08 bits per heavy atom. The van der Waals surface area contributed by atoms with Crippen LogP contribution in [0, 0.1) is 17.8 Å². The van der Waals surface area contributed by atoms with E-state index in [0.29, 0.717) is 24.2 Å². The molecule has 26 heavy (non-hydrogen) atoms. The maximum atomic E-state index is 10.8. The number of carboxylic acid groups (broad SMARTS) is 1. The van der Waals surface area contributed by atoms with Crippen LogP contribution < -0.4 is 0 Å². The molecular weight excluding hydrogens is 332 g/mol. The van der Waals surface area contributed by atoms with E-state index in [2.05, 4.69) is 12.2 Å². The van der Waals surface area contributed by atoms with Gasteiger partial charge in [0, 0.05) is 0 Å². The lowest BCUT2D eigenvalue weighted by Gasteiger charge is -2.25. The lowest BCUT2D eigenvalue weighted by Crippen LogP contribution is -2.26. The van der Waals surface area contributed by atoms with Crippen molar-refractivity contribution in [2.24, 2.45) is 17.8 Å². The summed E-state index contributed by atoms with van der Waals surface area (Å²) in [5.74, 6) is -1.51. The van der Waals surface area contributed by atoms with Crippen LogP contribution in [0.3, 0.4) is 0 Å². The van der Waals surface area contributed by atoms with Crippen molar-refractivity contribution in [1.29, 1.82) is 0 Å². The van der Waals surface area contributed by atoms with Crippen molar-refractivity contribution in [3.8, 4) is 0 Å². The van der Waals surface area contributed by atoms with E-state index in [1.165, 1.54) is 38.5 Å². The Morgan fingerprint density at radius 2 is 1.81 bits per heavy atom. The van der Waals surface area contributed by atoms with Crippen LogP contribution in [0.2, 0.25) is 0 Å². The number of carbonyl (C=O) groups is 1. The summed E-state index contributed by atoms with van der Waals surface area (Å²) in [6.07, 6.45) is 17.0. The third-order valence-electron chi connectivity index (χ3n) is 6.70. The fraction of sp³-hybridized carbons (Fsp3) is 0.857. The highest BCUT2D eigenvalue weighted by molar-refractivity contribution is 5.78. The van der Waals surface area contributed by atoms with E-state index >= 15 is 0 Å². The van der Waals surface area contributed by atoms with Gasteiger partial charge in [0.05, 0.1) is 6.10 Å². The molecule has 3 N–H and O–H groups in total. The Morgan fingerprint density at radius 3 is 2.50 bits per heavy atom. The molecule has 5 atom stereocenters. The molecule has 5 nitrogen and oxygen atoms in total. The highest BCUT2D eigenvalue weighted by Crippen LogP contribution is 2.40. The van der Waals surface area contributed by atoms with Gasteiger partial charge in [0.2, 0.25) is 0 Å². The summed E-state index contributed by atoms with van der Waals surface area (Å²) >= 11 is 0. The molecule has 1 heterocycles. The van der Waals surface area contributed by atoms with Gasteiger partial charge in [0.1, 0.15) is 6.10 Å². The smallest absolute Gasteiger partial charge is 0.367 e. The van der Waals surface area contributed by atoms with Crippen molar-refractivity contribution in [2.45, 2.75) is 95.0 Å². The first-order valence-electron chi connectivity index (χ1n) is 10.5. The third kappa shape index (κ3) is 4.87. The second kappa shape index (κ2) is 8.85. The van der Waals surface area contributed by atoms with Crippen molar-refractivity contribution in [3.05, 3.63) is 12.2 Å². The maximum Gasteiger partial charge on any atom is 0.367 e. The zero-order valence-corrected chi connectivity index (χ0v) is 15.7. The van der Waals surface area contributed by atoms with E-state index < -0.39 is 17.9 Å². The molecule has 3 unspecified atom stereocenters. The number of aliphatic hydroxyl groups excluding tert-OH is 1. The van der Waals surface area contributed by atoms with Gasteiger partial charge >= 0.3 is 5.97 Å². The summed E-state index contributed by atoms with van der Waals surface area (Å²) in [6.45, 7) is 0. The van der Waals surface area contributed by atoms with E-state index in [0.717, 1.165) is 32.1 Å². The number of carboxylic acids is 1. The second-order valence-electron chi connectivity index (χ2n) is 8.52. The Kier molecular flexibility index (Phi) is 6.76. The molecule has 148 valence electrons. The van der Waals surface area contributed by atoms with Crippen LogP contribution in [-0.2, 0) is 9.53 Å². The van der Waals surface area contributed by atoms with Crippen LogP contribution in [0.1, 0.15) is 77.0 Å². The van der Waals surface area contributed by atoms with Gasteiger partial charge in [0.15, 0.2) is 0 Å². The molecule has 5 heteroatoms. The van der Waals surface area contributed by atoms with Gasteiger partial charge in [-0.1, -0.05) is 50.7 Å². The fourth-order valence-corrected chi connectivity index (χ4v) is 4.93. The molecule has 3 fully saturated rings. The molecule has 1 saturated heterocycles. The molecular formula is C21H34O5. The summed E-state index contributed by atoms with van der Waals surface area (Å²) < 4.78 is 4.90. The number of rotatable bonds is 9. The molecule has 1 aliphatic heterocycles. The van der Waals surface area contributed by atoms with E-state index in [1.54, 1.807) is 0 Å². The van der Waals surface area contributed by atoms with E-state index in [9.17, 15) is 15.0 Å². The van der Waals surface area contributed by atoms with Crippen LogP contribution in [0.4, 0.5) is 0 Å². The molecule has 3 rings (SSSR count). The van der Waals surface area contributed by atoms with Crippen molar-refractivity contribution in [1.82, 2.24) is 0 Å². The zero-order valence-electron chi connectivity index (χ0n) is 15.7. The maximum absolute atomic E-state index is 10.8. The minimum atomic E-state index is -1.92. The predicted molar refractivity (Wildman–Crippen MR) is 98.5 cm³/mol. The number of allylic oxidation sites excluding steroid dienone is 1. The zero-order chi connectivity index (χ0) is 18.6. The first kappa shape index (κ1) is 19.8. The summed E-state index contributed by atoms with van der Waals surface area (Å²) in [5, 5.41) is 28.9. The average molecular weight is 366 g/mol. The lowest BCUT2D eigenvalue weighted by atomic mass is 9.84. The van der Waals surface area contributed by atoms with Gasteiger partial charge in [-0.3, -0.25) is 0 Å². The van der Waals surface area contributed by atoms with Crippen LogP contribution in [0.15, 0.2) is 12.2 Å². The number of aliphatic carboxylic acids is 1. The number of unbranched alkanes of at least 4 members (excludes halogenated alkanes) is 1. The highest BCUT2D eigenvalue weighted by Gasteiger charge is 2.61. The average Bonchev–Trinajstić information content (AvgIpc) is 3.11. The number of ether oxygens (including phenoxy) is 1. The number of hydrogen-bond acceptors (Lipinski definition) is 4. The third-order valence-corrected chi connectivity index (χ3v) is 6.70. The van der Waals surface area contributed by atoms with Crippen molar-refractivity contribution >= 4 is 5.97 Å². The largest absolute Gasteiger partial charge is 0.477 e. The molecule has 2 aliphatic carbocycles. The first-order valence-corrected chi connectivity index (χ1v) is 10.5. The van der Waals surface area contributed by atoms with Crippen molar-refractivity contribution < 1.29 is 24.9 Å². The number of hydrogen-bond donors (Lipinski definition) is 3. The van der Waals surface area contributed by atoms with E-state index in [4.69, 9.17) is 9.84 Å². The summed E-state index contributed by atoms with van der Waals surface area (Å²) in [6, 6.07) is 0. The number of aliphatic hydroxyl groups is 2. The van der Waals surface area contributed by atoms with Gasteiger partial charge < -0.3 is 20.1 Å². The molecule has 0 bridgehead atoms.